The quantitative estimate of drug-likeness (QED) is 0.618. The van der Waals surface area contributed by atoms with Crippen LogP contribution in [0, 0.1) is 13.8 Å². The van der Waals surface area contributed by atoms with E-state index in [9.17, 15) is 4.79 Å². The molecule has 3 aromatic rings. The van der Waals surface area contributed by atoms with Gasteiger partial charge >= 0.3 is 0 Å². The van der Waals surface area contributed by atoms with Crippen LogP contribution in [0.5, 0.6) is 0 Å². The largest absolute Gasteiger partial charge is 0.308 e. The van der Waals surface area contributed by atoms with Crippen LogP contribution >= 0.6 is 35.3 Å². The van der Waals surface area contributed by atoms with Crippen molar-refractivity contribution >= 4 is 56.6 Å². The minimum absolute atomic E-state index is 0. The van der Waals surface area contributed by atoms with E-state index in [1.165, 1.54) is 11.3 Å². The zero-order chi connectivity index (χ0) is 19.0. The van der Waals surface area contributed by atoms with Crippen LogP contribution in [-0.4, -0.2) is 52.8 Å². The van der Waals surface area contributed by atoms with E-state index in [2.05, 4.69) is 5.10 Å². The second kappa shape index (κ2) is 8.56. The van der Waals surface area contributed by atoms with Crippen molar-refractivity contribution in [3.05, 3.63) is 40.2 Å². The van der Waals surface area contributed by atoms with Gasteiger partial charge in [0.25, 0.3) is 5.91 Å². The average Bonchev–Trinajstić information content (AvgIpc) is 3.15. The summed E-state index contributed by atoms with van der Waals surface area (Å²) in [5, 5.41) is 5.56. The molecule has 0 aliphatic heterocycles. The van der Waals surface area contributed by atoms with Crippen molar-refractivity contribution in [2.24, 2.45) is 7.05 Å². The number of halogens is 2. The van der Waals surface area contributed by atoms with E-state index in [0.717, 1.165) is 27.9 Å². The Bertz CT molecular complexity index is 947. The van der Waals surface area contributed by atoms with E-state index in [1.807, 2.05) is 45.0 Å². The van der Waals surface area contributed by atoms with Gasteiger partial charge in [0.15, 0.2) is 5.13 Å². The van der Waals surface area contributed by atoms with E-state index < -0.39 is 0 Å². The number of likely N-dealkylation sites (N-methyl/N-ethyl adjacent to an activating group) is 1. The van der Waals surface area contributed by atoms with Crippen LogP contribution in [0.2, 0.25) is 5.02 Å². The van der Waals surface area contributed by atoms with Crippen LogP contribution in [0.1, 0.15) is 21.6 Å². The summed E-state index contributed by atoms with van der Waals surface area (Å²) in [6.45, 7) is 5.12. The van der Waals surface area contributed by atoms with Gasteiger partial charge in [-0.15, -0.1) is 12.4 Å². The number of carbonyl (C=O) groups excluding carboxylic acids is 1. The third-order valence-electron chi connectivity index (χ3n) is 4.31. The molecule has 0 saturated heterocycles. The predicted octanol–water partition coefficient (Wildman–Crippen LogP) is 3.93. The van der Waals surface area contributed by atoms with E-state index in [0.29, 0.717) is 22.4 Å². The molecule has 0 radical (unpaired) electrons. The number of benzene rings is 1. The Balaban J connectivity index is 0.00000261. The van der Waals surface area contributed by atoms with Crippen molar-refractivity contribution in [1.82, 2.24) is 19.7 Å². The molecule has 0 atom stereocenters. The van der Waals surface area contributed by atoms with Crippen LogP contribution in [0.4, 0.5) is 5.13 Å². The standard InChI is InChI=1S/C18H22ClN5OS.ClH/c1-11-10-20-23(5)16(11)17(25)24(9-8-22(3)4)18-21-15-12(2)13(19)6-7-14(15)26-18;/h6-7,10H,8-9H2,1-5H3;1H. The number of amides is 1. The molecule has 1 amide bonds. The predicted molar refractivity (Wildman–Crippen MR) is 115 cm³/mol. The summed E-state index contributed by atoms with van der Waals surface area (Å²) in [5.74, 6) is -0.0906. The van der Waals surface area contributed by atoms with Crippen LogP contribution < -0.4 is 4.90 Å². The van der Waals surface area contributed by atoms with Crippen molar-refractivity contribution in [2.75, 3.05) is 32.1 Å². The van der Waals surface area contributed by atoms with Crippen LogP contribution in [-0.2, 0) is 7.05 Å². The Morgan fingerprint density at radius 3 is 2.56 bits per heavy atom. The summed E-state index contributed by atoms with van der Waals surface area (Å²) in [7, 11) is 5.76. The highest BCUT2D eigenvalue weighted by atomic mass is 35.5. The van der Waals surface area contributed by atoms with E-state index in [4.69, 9.17) is 16.6 Å². The highest BCUT2D eigenvalue weighted by molar-refractivity contribution is 7.22. The van der Waals surface area contributed by atoms with Gasteiger partial charge in [-0.2, -0.15) is 5.10 Å². The Labute approximate surface area is 174 Å². The normalized spacial score (nSPS) is 11.1. The lowest BCUT2D eigenvalue weighted by Crippen LogP contribution is -2.38. The maximum atomic E-state index is 13.3. The van der Waals surface area contributed by atoms with Gasteiger partial charge in [0.2, 0.25) is 0 Å². The van der Waals surface area contributed by atoms with Crippen LogP contribution in [0.3, 0.4) is 0 Å². The molecular weight excluding hydrogens is 405 g/mol. The van der Waals surface area contributed by atoms with Crippen molar-refractivity contribution < 1.29 is 4.79 Å². The number of aryl methyl sites for hydroxylation is 3. The van der Waals surface area contributed by atoms with Gasteiger partial charge in [-0.3, -0.25) is 14.4 Å². The van der Waals surface area contributed by atoms with E-state index >= 15 is 0 Å². The van der Waals surface area contributed by atoms with Gasteiger partial charge in [0.1, 0.15) is 5.69 Å². The summed E-state index contributed by atoms with van der Waals surface area (Å²) < 4.78 is 2.64. The third kappa shape index (κ3) is 4.27. The first-order valence-electron chi connectivity index (χ1n) is 8.30. The van der Waals surface area contributed by atoms with Gasteiger partial charge in [-0.1, -0.05) is 22.9 Å². The Morgan fingerprint density at radius 1 is 1.26 bits per heavy atom. The second-order valence-corrected chi connectivity index (χ2v) is 7.99. The average molecular weight is 428 g/mol. The van der Waals surface area contributed by atoms with Gasteiger partial charge in [0.05, 0.1) is 16.4 Å². The number of rotatable bonds is 5. The lowest BCUT2D eigenvalue weighted by atomic mass is 10.2. The van der Waals surface area contributed by atoms with Crippen molar-refractivity contribution in [2.45, 2.75) is 13.8 Å². The Kier molecular flexibility index (Phi) is 6.86. The molecule has 0 fully saturated rings. The first kappa shape index (κ1) is 21.6. The van der Waals surface area contributed by atoms with Crippen LogP contribution in [0.25, 0.3) is 10.2 Å². The van der Waals surface area contributed by atoms with Crippen molar-refractivity contribution in [3.8, 4) is 0 Å². The number of aromatic nitrogens is 3. The molecule has 3 rings (SSSR count). The molecule has 2 heterocycles. The molecule has 9 heteroatoms. The first-order chi connectivity index (χ1) is 12.3. The molecule has 6 nitrogen and oxygen atoms in total. The Hall–Kier alpha value is -1.67. The van der Waals surface area contributed by atoms with Crippen molar-refractivity contribution in [3.63, 3.8) is 0 Å². The lowest BCUT2D eigenvalue weighted by Gasteiger charge is -2.22. The summed E-state index contributed by atoms with van der Waals surface area (Å²) in [6.07, 6.45) is 1.71. The molecule has 2 aromatic heterocycles. The lowest BCUT2D eigenvalue weighted by molar-refractivity contribution is 0.0975. The fraction of sp³-hybridized carbons (Fsp3) is 0.389. The second-order valence-electron chi connectivity index (χ2n) is 6.58. The number of fused-ring (bicyclic) bond motifs is 1. The Morgan fingerprint density at radius 2 is 1.96 bits per heavy atom. The van der Waals surface area contributed by atoms with Gasteiger partial charge in [-0.05, 0) is 51.2 Å². The number of anilines is 1. The number of carbonyl (C=O) groups is 1. The zero-order valence-corrected chi connectivity index (χ0v) is 18.4. The fourth-order valence-electron chi connectivity index (χ4n) is 2.77. The van der Waals surface area contributed by atoms with Gasteiger partial charge in [0, 0.05) is 25.2 Å². The summed E-state index contributed by atoms with van der Waals surface area (Å²) in [5.41, 5.74) is 3.22. The van der Waals surface area contributed by atoms with Gasteiger partial charge in [-0.25, -0.2) is 4.98 Å². The molecule has 0 aliphatic rings. The smallest absolute Gasteiger partial charge is 0.278 e. The molecule has 0 N–H and O–H groups in total. The SMILES string of the molecule is Cc1cnn(C)c1C(=O)N(CCN(C)C)c1nc2c(C)c(Cl)ccc2s1.Cl. The van der Waals surface area contributed by atoms with Crippen LogP contribution in [0.15, 0.2) is 18.3 Å². The highest BCUT2D eigenvalue weighted by Crippen LogP contribution is 2.34. The number of hydrogen-bond donors (Lipinski definition) is 0. The van der Waals surface area contributed by atoms with Crippen molar-refractivity contribution in [1.29, 1.82) is 0 Å². The number of thiazole rings is 1. The van der Waals surface area contributed by atoms with Gasteiger partial charge < -0.3 is 4.90 Å². The van der Waals surface area contributed by atoms with E-state index in [-0.39, 0.29) is 18.3 Å². The molecule has 146 valence electrons. The first-order valence-corrected chi connectivity index (χ1v) is 9.50. The molecular formula is C18H23Cl2N5OS. The molecule has 0 bridgehead atoms. The minimum Gasteiger partial charge on any atom is -0.308 e. The fourth-order valence-corrected chi connectivity index (χ4v) is 3.97. The maximum absolute atomic E-state index is 13.3. The number of hydrogen-bond acceptors (Lipinski definition) is 5. The monoisotopic (exact) mass is 427 g/mol. The molecule has 0 unspecified atom stereocenters. The molecule has 1 aromatic carbocycles. The molecule has 0 aliphatic carbocycles. The highest BCUT2D eigenvalue weighted by Gasteiger charge is 2.25. The topological polar surface area (TPSA) is 54.3 Å². The molecule has 0 spiro atoms. The maximum Gasteiger partial charge on any atom is 0.278 e. The molecule has 0 saturated carbocycles. The number of nitrogens with zero attached hydrogens (tertiary/aromatic N) is 5. The third-order valence-corrected chi connectivity index (χ3v) is 5.76. The minimum atomic E-state index is -0.0906. The molecule has 27 heavy (non-hydrogen) atoms. The zero-order valence-electron chi connectivity index (χ0n) is 16.0. The summed E-state index contributed by atoms with van der Waals surface area (Å²) >= 11 is 7.73. The summed E-state index contributed by atoms with van der Waals surface area (Å²) in [4.78, 5) is 21.8. The van der Waals surface area contributed by atoms with E-state index in [1.54, 1.807) is 22.8 Å². The summed E-state index contributed by atoms with van der Waals surface area (Å²) in [6, 6.07) is 3.83.